The first-order valence-electron chi connectivity index (χ1n) is 11.0. The van der Waals surface area contributed by atoms with E-state index in [4.69, 9.17) is 9.47 Å². The normalized spacial score (nSPS) is 10.8. The standard InChI is InChI=1S/C25H33N3O5/c1-5-8-18-11-13-20(14-12-18)32-17-23(30)26-15-19-9-6-7-10-21(19)28-22(29)16-27-24(31)33-25(2,3)4/h6-7,9-14H,5,8,15-17H2,1-4H3,(H,26,30)(H,27,31)(H,28,29). The Labute approximate surface area is 195 Å². The van der Waals surface area contributed by atoms with Crippen LogP contribution in [0.15, 0.2) is 48.5 Å². The van der Waals surface area contributed by atoms with Gasteiger partial charge in [0.25, 0.3) is 5.91 Å². The molecule has 0 radical (unpaired) electrons. The van der Waals surface area contributed by atoms with Crippen LogP contribution in [0.2, 0.25) is 0 Å². The monoisotopic (exact) mass is 455 g/mol. The molecule has 3 N–H and O–H groups in total. The Bertz CT molecular complexity index is 936. The summed E-state index contributed by atoms with van der Waals surface area (Å²) in [5.41, 5.74) is 1.85. The number of amides is 3. The molecule has 0 heterocycles. The van der Waals surface area contributed by atoms with Gasteiger partial charge in [-0.3, -0.25) is 9.59 Å². The predicted octanol–water partition coefficient (Wildman–Crippen LogP) is 3.80. The van der Waals surface area contributed by atoms with Crippen LogP contribution in [0.1, 0.15) is 45.2 Å². The second kappa shape index (κ2) is 12.5. The highest BCUT2D eigenvalue weighted by Crippen LogP contribution is 2.15. The van der Waals surface area contributed by atoms with Crippen molar-refractivity contribution in [3.8, 4) is 5.75 Å². The van der Waals surface area contributed by atoms with Crippen LogP contribution in [0, 0.1) is 0 Å². The van der Waals surface area contributed by atoms with Crippen molar-refractivity contribution in [3.05, 3.63) is 59.7 Å². The zero-order chi connectivity index (χ0) is 24.3. The van der Waals surface area contributed by atoms with Crippen LogP contribution in [-0.2, 0) is 27.3 Å². The summed E-state index contributed by atoms with van der Waals surface area (Å²) in [6.07, 6.45) is 1.41. The summed E-state index contributed by atoms with van der Waals surface area (Å²) in [4.78, 5) is 36.1. The topological polar surface area (TPSA) is 106 Å². The molecule has 0 saturated heterocycles. The van der Waals surface area contributed by atoms with Gasteiger partial charge in [-0.25, -0.2) is 4.79 Å². The van der Waals surface area contributed by atoms with E-state index in [1.165, 1.54) is 5.56 Å². The van der Waals surface area contributed by atoms with E-state index in [1.54, 1.807) is 39.0 Å². The number of hydrogen-bond acceptors (Lipinski definition) is 5. The summed E-state index contributed by atoms with van der Waals surface area (Å²) in [6, 6.07) is 14.8. The van der Waals surface area contributed by atoms with E-state index in [-0.39, 0.29) is 25.6 Å². The number of aryl methyl sites for hydroxylation is 1. The molecule has 178 valence electrons. The predicted molar refractivity (Wildman–Crippen MR) is 127 cm³/mol. The lowest BCUT2D eigenvalue weighted by molar-refractivity contribution is -0.123. The van der Waals surface area contributed by atoms with Gasteiger partial charge in [-0.2, -0.15) is 0 Å². The average molecular weight is 456 g/mol. The molecule has 3 amide bonds. The fourth-order valence-corrected chi connectivity index (χ4v) is 2.89. The van der Waals surface area contributed by atoms with Crippen molar-refractivity contribution in [2.75, 3.05) is 18.5 Å². The molecule has 0 aliphatic heterocycles. The second-order valence-electron chi connectivity index (χ2n) is 8.52. The SMILES string of the molecule is CCCc1ccc(OCC(=O)NCc2ccccc2NC(=O)CNC(=O)OC(C)(C)C)cc1. The molecule has 0 unspecified atom stereocenters. The van der Waals surface area contributed by atoms with Crippen LogP contribution >= 0.6 is 0 Å². The highest BCUT2D eigenvalue weighted by atomic mass is 16.6. The first-order chi connectivity index (χ1) is 15.7. The van der Waals surface area contributed by atoms with E-state index in [0.29, 0.717) is 11.4 Å². The van der Waals surface area contributed by atoms with Crippen molar-refractivity contribution in [3.63, 3.8) is 0 Å². The van der Waals surface area contributed by atoms with Crippen molar-refractivity contribution in [2.45, 2.75) is 52.7 Å². The van der Waals surface area contributed by atoms with Gasteiger partial charge in [-0.1, -0.05) is 43.7 Å². The smallest absolute Gasteiger partial charge is 0.408 e. The van der Waals surface area contributed by atoms with Gasteiger partial charge in [0.15, 0.2) is 6.61 Å². The molecule has 0 bridgehead atoms. The molecule has 33 heavy (non-hydrogen) atoms. The van der Waals surface area contributed by atoms with Crippen molar-refractivity contribution in [1.29, 1.82) is 0 Å². The molecule has 8 nitrogen and oxygen atoms in total. The molecule has 0 saturated carbocycles. The molecule has 2 aromatic carbocycles. The highest BCUT2D eigenvalue weighted by molar-refractivity contribution is 5.94. The minimum atomic E-state index is -0.668. The average Bonchev–Trinajstić information content (AvgIpc) is 2.76. The van der Waals surface area contributed by atoms with Gasteiger partial charge in [0, 0.05) is 12.2 Å². The number of rotatable bonds is 10. The van der Waals surface area contributed by atoms with Crippen LogP contribution < -0.4 is 20.7 Å². The Morgan fingerprint density at radius 3 is 2.27 bits per heavy atom. The number of carbonyl (C=O) groups excluding carboxylic acids is 3. The Balaban J connectivity index is 1.80. The third kappa shape index (κ3) is 10.1. The van der Waals surface area contributed by atoms with Gasteiger partial charge >= 0.3 is 6.09 Å². The Morgan fingerprint density at radius 2 is 1.61 bits per heavy atom. The van der Waals surface area contributed by atoms with Crippen molar-refractivity contribution in [2.24, 2.45) is 0 Å². The second-order valence-corrected chi connectivity index (χ2v) is 8.52. The van der Waals surface area contributed by atoms with Gasteiger partial charge in [0.05, 0.1) is 0 Å². The van der Waals surface area contributed by atoms with Crippen LogP contribution in [0.5, 0.6) is 5.75 Å². The van der Waals surface area contributed by atoms with E-state index in [1.807, 2.05) is 30.3 Å². The van der Waals surface area contributed by atoms with E-state index in [0.717, 1.165) is 18.4 Å². The summed E-state index contributed by atoms with van der Waals surface area (Å²) in [6.45, 7) is 7.22. The first kappa shape index (κ1) is 25.7. The Morgan fingerprint density at radius 1 is 0.909 bits per heavy atom. The summed E-state index contributed by atoms with van der Waals surface area (Å²) in [7, 11) is 0. The van der Waals surface area contributed by atoms with E-state index in [9.17, 15) is 14.4 Å². The number of carbonyl (C=O) groups is 3. The zero-order valence-electron chi connectivity index (χ0n) is 19.7. The Kier molecular flexibility index (Phi) is 9.72. The fraction of sp³-hybridized carbons (Fsp3) is 0.400. The molecule has 0 aliphatic carbocycles. The number of nitrogens with one attached hydrogen (secondary N) is 3. The van der Waals surface area contributed by atoms with Crippen LogP contribution in [0.3, 0.4) is 0 Å². The number of para-hydroxylation sites is 1. The summed E-state index contributed by atoms with van der Waals surface area (Å²) < 4.78 is 10.6. The van der Waals surface area contributed by atoms with Crippen LogP contribution in [-0.4, -0.2) is 36.7 Å². The number of benzene rings is 2. The van der Waals surface area contributed by atoms with Crippen molar-refractivity contribution < 1.29 is 23.9 Å². The Hall–Kier alpha value is -3.55. The van der Waals surface area contributed by atoms with Crippen LogP contribution in [0.25, 0.3) is 0 Å². The fourth-order valence-electron chi connectivity index (χ4n) is 2.89. The maximum atomic E-state index is 12.2. The van der Waals surface area contributed by atoms with Gasteiger partial charge in [0.2, 0.25) is 5.91 Å². The first-order valence-corrected chi connectivity index (χ1v) is 11.0. The van der Waals surface area contributed by atoms with E-state index in [2.05, 4.69) is 22.9 Å². The molecule has 0 atom stereocenters. The molecular formula is C25H33N3O5. The minimum Gasteiger partial charge on any atom is -0.484 e. The maximum Gasteiger partial charge on any atom is 0.408 e. The van der Waals surface area contributed by atoms with Gasteiger partial charge < -0.3 is 25.4 Å². The lowest BCUT2D eigenvalue weighted by atomic mass is 10.1. The third-order valence-electron chi connectivity index (χ3n) is 4.39. The minimum absolute atomic E-state index is 0.110. The van der Waals surface area contributed by atoms with Crippen molar-refractivity contribution >= 4 is 23.6 Å². The van der Waals surface area contributed by atoms with Gasteiger partial charge in [-0.05, 0) is 56.5 Å². The number of ether oxygens (including phenoxy) is 2. The molecule has 2 rings (SSSR count). The number of anilines is 1. The molecular weight excluding hydrogens is 422 g/mol. The third-order valence-corrected chi connectivity index (χ3v) is 4.39. The van der Waals surface area contributed by atoms with Gasteiger partial charge in [0.1, 0.15) is 17.9 Å². The molecule has 0 aliphatic rings. The molecule has 0 spiro atoms. The van der Waals surface area contributed by atoms with Crippen LogP contribution in [0.4, 0.5) is 10.5 Å². The van der Waals surface area contributed by atoms with E-state index < -0.39 is 17.6 Å². The lowest BCUT2D eigenvalue weighted by Gasteiger charge is -2.19. The lowest BCUT2D eigenvalue weighted by Crippen LogP contribution is -2.37. The summed E-state index contributed by atoms with van der Waals surface area (Å²) >= 11 is 0. The molecule has 0 fully saturated rings. The number of alkyl carbamates (subject to hydrolysis) is 1. The zero-order valence-corrected chi connectivity index (χ0v) is 19.7. The quantitative estimate of drug-likeness (QED) is 0.505. The molecule has 2 aromatic rings. The summed E-state index contributed by atoms with van der Waals surface area (Å²) in [5, 5.41) is 7.93. The number of hydrogen-bond donors (Lipinski definition) is 3. The largest absolute Gasteiger partial charge is 0.484 e. The molecule has 0 aromatic heterocycles. The maximum absolute atomic E-state index is 12.2. The van der Waals surface area contributed by atoms with Gasteiger partial charge in [-0.15, -0.1) is 0 Å². The molecule has 8 heteroatoms. The van der Waals surface area contributed by atoms with Crippen molar-refractivity contribution in [1.82, 2.24) is 10.6 Å². The highest BCUT2D eigenvalue weighted by Gasteiger charge is 2.17. The van der Waals surface area contributed by atoms with E-state index >= 15 is 0 Å². The summed E-state index contributed by atoms with van der Waals surface area (Å²) in [5.74, 6) is -0.0509.